The Morgan fingerprint density at radius 2 is 1.78 bits per heavy atom. The quantitative estimate of drug-likeness (QED) is 0.485. The lowest BCUT2D eigenvalue weighted by Crippen LogP contribution is -2.34. The first-order valence-electron chi connectivity index (χ1n) is 10.4. The van der Waals surface area contributed by atoms with Crippen molar-refractivity contribution in [2.24, 2.45) is 0 Å². The summed E-state index contributed by atoms with van der Waals surface area (Å²) < 4.78 is 10.7. The van der Waals surface area contributed by atoms with Crippen molar-refractivity contribution in [1.29, 1.82) is 0 Å². The summed E-state index contributed by atoms with van der Waals surface area (Å²) in [6.45, 7) is 2.75. The van der Waals surface area contributed by atoms with Gasteiger partial charge < -0.3 is 14.8 Å². The molecule has 2 aromatic carbocycles. The van der Waals surface area contributed by atoms with Crippen LogP contribution in [0.2, 0.25) is 0 Å². The Morgan fingerprint density at radius 3 is 2.47 bits per heavy atom. The fourth-order valence-corrected chi connectivity index (χ4v) is 4.32. The maximum atomic E-state index is 13.3. The summed E-state index contributed by atoms with van der Waals surface area (Å²) in [7, 11) is 1.62. The van der Waals surface area contributed by atoms with Crippen LogP contribution in [0.1, 0.15) is 17.4 Å². The molecule has 7 heteroatoms. The molecule has 0 atom stereocenters. The van der Waals surface area contributed by atoms with Gasteiger partial charge in [0.25, 0.3) is 11.8 Å². The Hall–Kier alpha value is -3.58. The van der Waals surface area contributed by atoms with Crippen LogP contribution in [0.15, 0.2) is 71.7 Å². The molecule has 0 spiro atoms. The number of hydrogen-bond acceptors (Lipinski definition) is 6. The van der Waals surface area contributed by atoms with Crippen LogP contribution < -0.4 is 14.8 Å². The number of methoxy groups -OCH3 is 1. The number of rotatable bonds is 9. The topological polar surface area (TPSA) is 67.9 Å². The van der Waals surface area contributed by atoms with Gasteiger partial charge in [0, 0.05) is 23.2 Å². The number of nitrogens with one attached hydrogen (secondary N) is 1. The first kappa shape index (κ1) is 21.6. The summed E-state index contributed by atoms with van der Waals surface area (Å²) in [6.07, 6.45) is 0.562. The first-order chi connectivity index (χ1) is 15.6. The second-order valence-corrected chi connectivity index (χ2v) is 8.12. The minimum absolute atomic E-state index is 0.283. The minimum atomic E-state index is -0.325. The van der Waals surface area contributed by atoms with Gasteiger partial charge in [-0.15, -0.1) is 11.3 Å². The zero-order valence-electron chi connectivity index (χ0n) is 18.0. The molecule has 0 radical (unpaired) electrons. The summed E-state index contributed by atoms with van der Waals surface area (Å²) in [4.78, 5) is 28.6. The molecule has 1 aromatic heterocycles. The van der Waals surface area contributed by atoms with E-state index in [1.54, 1.807) is 7.11 Å². The van der Waals surface area contributed by atoms with Crippen molar-refractivity contribution in [2.45, 2.75) is 13.3 Å². The summed E-state index contributed by atoms with van der Waals surface area (Å²) in [6, 6.07) is 18.7. The van der Waals surface area contributed by atoms with Gasteiger partial charge in [-0.2, -0.15) is 0 Å². The highest BCUT2D eigenvalue weighted by molar-refractivity contribution is 7.11. The van der Waals surface area contributed by atoms with Crippen molar-refractivity contribution in [3.63, 3.8) is 0 Å². The number of thiophene rings is 1. The van der Waals surface area contributed by atoms with Gasteiger partial charge in [0.2, 0.25) is 0 Å². The van der Waals surface area contributed by atoms with Crippen LogP contribution in [-0.4, -0.2) is 37.0 Å². The van der Waals surface area contributed by atoms with E-state index in [0.717, 1.165) is 16.2 Å². The predicted molar refractivity (Wildman–Crippen MR) is 126 cm³/mol. The average molecular weight is 449 g/mol. The van der Waals surface area contributed by atoms with Crippen molar-refractivity contribution in [3.8, 4) is 11.5 Å². The van der Waals surface area contributed by atoms with Crippen LogP contribution in [0.3, 0.4) is 0 Å². The summed E-state index contributed by atoms with van der Waals surface area (Å²) in [5.74, 6) is 0.858. The summed E-state index contributed by atoms with van der Waals surface area (Å²) in [5.41, 5.74) is 2.41. The number of carbonyl (C=O) groups is 2. The largest absolute Gasteiger partial charge is 0.497 e. The number of hydrogen-bond donors (Lipinski definition) is 1. The third-order valence-corrected chi connectivity index (χ3v) is 6.02. The first-order valence-corrected chi connectivity index (χ1v) is 11.3. The van der Waals surface area contributed by atoms with Crippen molar-refractivity contribution in [1.82, 2.24) is 4.90 Å². The Morgan fingerprint density at radius 1 is 0.969 bits per heavy atom. The van der Waals surface area contributed by atoms with Crippen LogP contribution in [-0.2, 0) is 16.0 Å². The molecule has 0 saturated carbocycles. The highest BCUT2D eigenvalue weighted by Crippen LogP contribution is 2.33. The van der Waals surface area contributed by atoms with E-state index in [0.29, 0.717) is 42.3 Å². The van der Waals surface area contributed by atoms with E-state index in [1.165, 1.54) is 16.2 Å². The Labute approximate surface area is 191 Å². The van der Waals surface area contributed by atoms with Crippen molar-refractivity contribution >= 4 is 34.4 Å². The Balaban J connectivity index is 1.58. The minimum Gasteiger partial charge on any atom is -0.497 e. The SMILES string of the molecule is CCOc1cccc(NC2=C(c3cccs3)C(=O)N(CCc3ccc(OC)cc3)C2=O)c1. The highest BCUT2D eigenvalue weighted by atomic mass is 32.1. The van der Waals surface area contributed by atoms with E-state index in [2.05, 4.69) is 5.32 Å². The molecular formula is C25H24N2O4S. The fraction of sp³-hybridized carbons (Fsp3) is 0.200. The fourth-order valence-electron chi connectivity index (χ4n) is 3.55. The molecule has 1 N–H and O–H groups in total. The molecular weight excluding hydrogens is 424 g/mol. The van der Waals surface area contributed by atoms with Gasteiger partial charge in [-0.25, -0.2) is 0 Å². The second kappa shape index (κ2) is 9.70. The van der Waals surface area contributed by atoms with E-state index in [1.807, 2.05) is 73.0 Å². The lowest BCUT2D eigenvalue weighted by atomic mass is 10.1. The van der Waals surface area contributed by atoms with Crippen LogP contribution in [0.25, 0.3) is 5.57 Å². The maximum Gasteiger partial charge on any atom is 0.278 e. The van der Waals surface area contributed by atoms with Crippen LogP contribution in [0.4, 0.5) is 5.69 Å². The molecule has 0 aliphatic carbocycles. The average Bonchev–Trinajstić information content (AvgIpc) is 3.41. The molecule has 0 bridgehead atoms. The second-order valence-electron chi connectivity index (χ2n) is 7.17. The van der Waals surface area contributed by atoms with E-state index < -0.39 is 0 Å². The normalized spacial score (nSPS) is 13.6. The smallest absolute Gasteiger partial charge is 0.278 e. The molecule has 3 aromatic rings. The number of benzene rings is 2. The van der Waals surface area contributed by atoms with Crippen molar-refractivity contribution in [2.75, 3.05) is 25.6 Å². The number of ether oxygens (including phenoxy) is 2. The molecule has 32 heavy (non-hydrogen) atoms. The molecule has 2 amide bonds. The zero-order chi connectivity index (χ0) is 22.5. The molecule has 0 saturated heterocycles. The number of carbonyl (C=O) groups excluding carboxylic acids is 2. The summed E-state index contributed by atoms with van der Waals surface area (Å²) >= 11 is 1.44. The van der Waals surface area contributed by atoms with Crippen molar-refractivity contribution < 1.29 is 19.1 Å². The van der Waals surface area contributed by atoms with Gasteiger partial charge in [-0.1, -0.05) is 24.3 Å². The third kappa shape index (κ3) is 4.53. The molecule has 6 nitrogen and oxygen atoms in total. The molecule has 1 aliphatic rings. The molecule has 2 heterocycles. The van der Waals surface area contributed by atoms with Crippen LogP contribution >= 0.6 is 11.3 Å². The predicted octanol–water partition coefficient (Wildman–Crippen LogP) is 4.59. The van der Waals surface area contributed by atoms with E-state index in [9.17, 15) is 9.59 Å². The third-order valence-electron chi connectivity index (χ3n) is 5.13. The lowest BCUT2D eigenvalue weighted by molar-refractivity contribution is -0.136. The van der Waals surface area contributed by atoms with Gasteiger partial charge in [0.05, 0.1) is 19.3 Å². The monoisotopic (exact) mass is 448 g/mol. The Kier molecular flexibility index (Phi) is 6.56. The van der Waals surface area contributed by atoms with Crippen LogP contribution in [0, 0.1) is 0 Å². The van der Waals surface area contributed by atoms with Gasteiger partial charge >= 0.3 is 0 Å². The molecule has 1 aliphatic heterocycles. The molecule has 0 unspecified atom stereocenters. The Bertz CT molecular complexity index is 1140. The van der Waals surface area contributed by atoms with Crippen LogP contribution in [0.5, 0.6) is 11.5 Å². The van der Waals surface area contributed by atoms with Gasteiger partial charge in [0.1, 0.15) is 17.2 Å². The van der Waals surface area contributed by atoms with Gasteiger partial charge in [0.15, 0.2) is 0 Å². The van der Waals surface area contributed by atoms with E-state index in [-0.39, 0.29) is 11.8 Å². The van der Waals surface area contributed by atoms with E-state index in [4.69, 9.17) is 9.47 Å². The number of nitrogens with zero attached hydrogens (tertiary/aromatic N) is 1. The van der Waals surface area contributed by atoms with E-state index >= 15 is 0 Å². The maximum absolute atomic E-state index is 13.3. The molecule has 0 fully saturated rings. The highest BCUT2D eigenvalue weighted by Gasteiger charge is 2.39. The van der Waals surface area contributed by atoms with Gasteiger partial charge in [-0.05, 0) is 54.6 Å². The lowest BCUT2D eigenvalue weighted by Gasteiger charge is -2.15. The number of anilines is 1. The standard InChI is InChI=1S/C25H24N2O4S/c1-3-31-20-7-4-6-18(16-20)26-23-22(21-8-5-15-32-21)24(28)27(25(23)29)14-13-17-9-11-19(30-2)12-10-17/h4-12,15-16,26H,3,13-14H2,1-2H3. The molecule has 4 rings (SSSR count). The summed E-state index contributed by atoms with van der Waals surface area (Å²) in [5, 5.41) is 5.08. The van der Waals surface area contributed by atoms with Crippen molar-refractivity contribution in [3.05, 3.63) is 82.2 Å². The van der Waals surface area contributed by atoms with Gasteiger partial charge in [-0.3, -0.25) is 14.5 Å². The number of imide groups is 1. The number of amides is 2. The zero-order valence-corrected chi connectivity index (χ0v) is 18.8. The molecule has 164 valence electrons.